The van der Waals surface area contributed by atoms with E-state index in [0.717, 1.165) is 13.1 Å². The summed E-state index contributed by atoms with van der Waals surface area (Å²) < 4.78 is 14.6. The zero-order valence-corrected chi connectivity index (χ0v) is 14.0. The fourth-order valence-corrected chi connectivity index (χ4v) is 3.88. The number of piperidine rings is 1. The van der Waals surface area contributed by atoms with Gasteiger partial charge in [-0.1, -0.05) is 0 Å². The molecule has 2 heterocycles. The van der Waals surface area contributed by atoms with Gasteiger partial charge in [-0.05, 0) is 57.1 Å². The van der Waals surface area contributed by atoms with Crippen LogP contribution in [-0.4, -0.2) is 63.7 Å². The lowest BCUT2D eigenvalue weighted by Gasteiger charge is -2.20. The highest BCUT2D eigenvalue weighted by Crippen LogP contribution is 2.48. The van der Waals surface area contributed by atoms with Gasteiger partial charge < -0.3 is 9.80 Å². The smallest absolute Gasteiger partial charge is 0.293 e. The summed E-state index contributed by atoms with van der Waals surface area (Å²) in [5.41, 5.74) is 0.692. The molecule has 2 fully saturated rings. The van der Waals surface area contributed by atoms with E-state index in [2.05, 4.69) is 29.1 Å². The van der Waals surface area contributed by atoms with Crippen LogP contribution in [0.2, 0.25) is 0 Å². The summed E-state index contributed by atoms with van der Waals surface area (Å²) >= 11 is 0. The van der Waals surface area contributed by atoms with Crippen LogP contribution in [0.25, 0.3) is 5.69 Å². The number of aromatic nitrogens is 3. The Morgan fingerprint density at radius 2 is 1.83 bits per heavy atom. The summed E-state index contributed by atoms with van der Waals surface area (Å²) in [6, 6.07) is 6.58. The van der Waals surface area contributed by atoms with Crippen molar-refractivity contribution in [1.29, 1.82) is 0 Å². The molecule has 126 valence electrons. The van der Waals surface area contributed by atoms with Gasteiger partial charge in [-0.15, -0.1) is 5.10 Å². The molecule has 1 saturated carbocycles. The monoisotopic (exact) mass is 329 g/mol. The predicted molar refractivity (Wildman–Crippen MR) is 86.4 cm³/mol. The fourth-order valence-electron chi connectivity index (χ4n) is 3.88. The highest BCUT2D eigenvalue weighted by atomic mass is 19.1. The molecule has 0 radical (unpaired) electrons. The molecule has 0 N–H and O–H groups in total. The van der Waals surface area contributed by atoms with Gasteiger partial charge in [0.05, 0.1) is 5.69 Å². The number of benzene rings is 1. The number of aryl methyl sites for hydroxylation is 1. The molecule has 1 amide bonds. The van der Waals surface area contributed by atoms with E-state index in [4.69, 9.17) is 0 Å². The molecule has 2 aliphatic rings. The molecule has 2 aromatic rings. The quantitative estimate of drug-likeness (QED) is 0.853. The minimum atomic E-state index is -0.306. The zero-order chi connectivity index (χ0) is 17.0. The van der Waals surface area contributed by atoms with Crippen molar-refractivity contribution >= 4 is 5.91 Å². The SMILES string of the molecule is Cc1nc(C(=O)N2C[C@@H]3C(N(C)C)[C@@H]3C2)nn1-c1ccc(F)cc1. The van der Waals surface area contributed by atoms with E-state index < -0.39 is 0 Å². The molecule has 1 aromatic carbocycles. The lowest BCUT2D eigenvalue weighted by Crippen LogP contribution is -2.35. The van der Waals surface area contributed by atoms with Crippen LogP contribution >= 0.6 is 0 Å². The van der Waals surface area contributed by atoms with Crippen LogP contribution in [-0.2, 0) is 0 Å². The van der Waals surface area contributed by atoms with Crippen LogP contribution in [0.15, 0.2) is 24.3 Å². The molecule has 0 bridgehead atoms. The van der Waals surface area contributed by atoms with Gasteiger partial charge in [-0.3, -0.25) is 4.79 Å². The normalized spacial score (nSPS) is 25.2. The molecule has 24 heavy (non-hydrogen) atoms. The second-order valence-corrected chi connectivity index (χ2v) is 6.86. The number of amides is 1. The molecule has 1 unspecified atom stereocenters. The van der Waals surface area contributed by atoms with Crippen molar-refractivity contribution in [3.63, 3.8) is 0 Å². The molecule has 7 heteroatoms. The van der Waals surface area contributed by atoms with Gasteiger partial charge in [0.1, 0.15) is 11.6 Å². The van der Waals surface area contributed by atoms with Gasteiger partial charge in [0.25, 0.3) is 5.91 Å². The Labute approximate surface area is 139 Å². The fraction of sp³-hybridized carbons (Fsp3) is 0.471. The van der Waals surface area contributed by atoms with E-state index in [-0.39, 0.29) is 17.5 Å². The number of hydrogen-bond acceptors (Lipinski definition) is 4. The number of carbonyl (C=O) groups excluding carboxylic acids is 1. The number of hydrogen-bond donors (Lipinski definition) is 0. The van der Waals surface area contributed by atoms with Crippen LogP contribution in [0.4, 0.5) is 4.39 Å². The molecule has 1 aromatic heterocycles. The summed E-state index contributed by atoms with van der Waals surface area (Å²) in [7, 11) is 4.18. The second kappa shape index (κ2) is 5.37. The van der Waals surface area contributed by atoms with Gasteiger partial charge in [0.15, 0.2) is 0 Å². The molecule has 1 aliphatic carbocycles. The maximum absolute atomic E-state index is 13.1. The molecular formula is C17H20FN5O. The summed E-state index contributed by atoms with van der Waals surface area (Å²) in [5.74, 6) is 1.54. The largest absolute Gasteiger partial charge is 0.335 e. The number of carbonyl (C=O) groups is 1. The number of halogens is 1. The van der Waals surface area contributed by atoms with Gasteiger partial charge in [0, 0.05) is 19.1 Å². The van der Waals surface area contributed by atoms with Crippen LogP contribution < -0.4 is 0 Å². The van der Waals surface area contributed by atoms with Crippen LogP contribution in [0.3, 0.4) is 0 Å². The Morgan fingerprint density at radius 1 is 1.21 bits per heavy atom. The summed E-state index contributed by atoms with van der Waals surface area (Å²) in [4.78, 5) is 21.0. The van der Waals surface area contributed by atoms with E-state index in [1.54, 1.807) is 23.7 Å². The Bertz CT molecular complexity index is 773. The summed E-state index contributed by atoms with van der Waals surface area (Å²) in [6.45, 7) is 3.34. The first-order valence-electron chi connectivity index (χ1n) is 8.11. The minimum absolute atomic E-state index is 0.122. The minimum Gasteiger partial charge on any atom is -0.335 e. The number of fused-ring (bicyclic) bond motifs is 1. The average Bonchev–Trinajstić information content (AvgIpc) is 2.89. The topological polar surface area (TPSA) is 54.3 Å². The molecule has 3 atom stereocenters. The third kappa shape index (κ3) is 2.39. The van der Waals surface area contributed by atoms with Gasteiger partial charge in [-0.2, -0.15) is 0 Å². The molecular weight excluding hydrogens is 309 g/mol. The highest BCUT2D eigenvalue weighted by molar-refractivity contribution is 5.90. The first-order chi connectivity index (χ1) is 11.5. The maximum Gasteiger partial charge on any atom is 0.293 e. The second-order valence-electron chi connectivity index (χ2n) is 6.86. The zero-order valence-electron chi connectivity index (χ0n) is 14.0. The molecule has 6 nitrogen and oxygen atoms in total. The molecule has 1 saturated heterocycles. The third-order valence-electron chi connectivity index (χ3n) is 5.06. The molecule has 1 aliphatic heterocycles. The third-order valence-corrected chi connectivity index (χ3v) is 5.06. The Morgan fingerprint density at radius 3 is 2.42 bits per heavy atom. The Hall–Kier alpha value is -2.28. The van der Waals surface area contributed by atoms with Gasteiger partial charge in [-0.25, -0.2) is 14.1 Å². The summed E-state index contributed by atoms with van der Waals surface area (Å²) in [6.07, 6.45) is 0. The average molecular weight is 329 g/mol. The Kier molecular flexibility index (Phi) is 3.42. The number of likely N-dealkylation sites (tertiary alicyclic amines) is 1. The molecule has 4 rings (SSSR count). The number of nitrogens with zero attached hydrogens (tertiary/aromatic N) is 5. The van der Waals surface area contributed by atoms with Crippen LogP contribution in [0.1, 0.15) is 16.4 Å². The van der Waals surface area contributed by atoms with E-state index in [9.17, 15) is 9.18 Å². The van der Waals surface area contributed by atoms with E-state index in [1.807, 2.05) is 4.90 Å². The summed E-state index contributed by atoms with van der Waals surface area (Å²) in [5, 5.41) is 4.33. The first-order valence-corrected chi connectivity index (χ1v) is 8.11. The number of rotatable bonds is 3. The van der Waals surface area contributed by atoms with Crippen molar-refractivity contribution in [2.24, 2.45) is 11.8 Å². The van der Waals surface area contributed by atoms with Crippen molar-refractivity contribution < 1.29 is 9.18 Å². The highest BCUT2D eigenvalue weighted by Gasteiger charge is 2.57. The maximum atomic E-state index is 13.1. The van der Waals surface area contributed by atoms with E-state index in [1.165, 1.54) is 12.1 Å². The Balaban J connectivity index is 1.51. The van der Waals surface area contributed by atoms with Crippen LogP contribution in [0, 0.1) is 24.6 Å². The van der Waals surface area contributed by atoms with Crippen LogP contribution in [0.5, 0.6) is 0 Å². The van der Waals surface area contributed by atoms with Crippen molar-refractivity contribution in [3.8, 4) is 5.69 Å². The lowest BCUT2D eigenvalue weighted by atomic mass is 10.3. The van der Waals surface area contributed by atoms with Crippen molar-refractivity contribution in [2.45, 2.75) is 13.0 Å². The van der Waals surface area contributed by atoms with Gasteiger partial charge in [0.2, 0.25) is 5.82 Å². The van der Waals surface area contributed by atoms with Crippen molar-refractivity contribution in [1.82, 2.24) is 24.6 Å². The van der Waals surface area contributed by atoms with E-state index >= 15 is 0 Å². The van der Waals surface area contributed by atoms with E-state index in [0.29, 0.717) is 29.4 Å². The van der Waals surface area contributed by atoms with Crippen molar-refractivity contribution in [3.05, 3.63) is 41.7 Å². The van der Waals surface area contributed by atoms with Gasteiger partial charge >= 0.3 is 0 Å². The van der Waals surface area contributed by atoms with Crippen molar-refractivity contribution in [2.75, 3.05) is 27.2 Å². The lowest BCUT2D eigenvalue weighted by molar-refractivity contribution is 0.0750. The standard InChI is InChI=1S/C17H20FN5O/c1-10-19-16(20-23(10)12-6-4-11(18)5-7-12)17(24)22-8-13-14(9-22)15(13)21(2)3/h4-7,13-15H,8-9H2,1-3H3/t13-,14+,15?. The predicted octanol–water partition coefficient (Wildman–Crippen LogP) is 1.35. The molecule has 0 spiro atoms. The first kappa shape index (κ1) is 15.3.